The van der Waals surface area contributed by atoms with E-state index in [-0.39, 0.29) is 17.4 Å². The van der Waals surface area contributed by atoms with E-state index < -0.39 is 0 Å². The predicted molar refractivity (Wildman–Crippen MR) is 82.1 cm³/mol. The molecule has 1 N–H and O–H groups in total. The van der Waals surface area contributed by atoms with Crippen LogP contribution in [0.15, 0.2) is 11.2 Å². The summed E-state index contributed by atoms with van der Waals surface area (Å²) < 4.78 is 0. The van der Waals surface area contributed by atoms with Crippen LogP contribution in [0.4, 0.5) is 5.82 Å². The highest BCUT2D eigenvalue weighted by Crippen LogP contribution is 2.25. The molecule has 0 saturated carbocycles. The van der Waals surface area contributed by atoms with Gasteiger partial charge < -0.3 is 10.2 Å². The van der Waals surface area contributed by atoms with E-state index in [4.69, 9.17) is 0 Å². The molecule has 2 heterocycles. The van der Waals surface area contributed by atoms with Gasteiger partial charge in [0.2, 0.25) is 5.91 Å². The molecule has 1 fully saturated rings. The molecule has 0 aliphatic carbocycles. The van der Waals surface area contributed by atoms with Gasteiger partial charge in [0.1, 0.15) is 5.82 Å². The van der Waals surface area contributed by atoms with Crippen molar-refractivity contribution in [1.82, 2.24) is 15.3 Å². The summed E-state index contributed by atoms with van der Waals surface area (Å²) in [6.45, 7) is 9.42. The molecule has 0 bridgehead atoms. The second-order valence-electron chi connectivity index (χ2n) is 6.20. The molecule has 1 saturated heterocycles. The van der Waals surface area contributed by atoms with Gasteiger partial charge in [-0.25, -0.2) is 9.97 Å². The molecule has 6 heteroatoms. The second-order valence-corrected chi connectivity index (χ2v) is 6.97. The lowest BCUT2D eigenvalue weighted by molar-refractivity contribution is -0.127. The van der Waals surface area contributed by atoms with Crippen molar-refractivity contribution in [2.45, 2.75) is 38.4 Å². The summed E-state index contributed by atoms with van der Waals surface area (Å²) in [6.07, 6.45) is 1.97. The van der Waals surface area contributed by atoms with Crippen LogP contribution in [-0.4, -0.2) is 40.8 Å². The molecule has 1 amide bonds. The zero-order chi connectivity index (χ0) is 14.9. The van der Waals surface area contributed by atoms with Crippen molar-refractivity contribution in [3.05, 3.63) is 11.8 Å². The van der Waals surface area contributed by atoms with Crippen molar-refractivity contribution < 1.29 is 4.79 Å². The van der Waals surface area contributed by atoms with E-state index in [0.717, 1.165) is 29.8 Å². The van der Waals surface area contributed by atoms with Crippen LogP contribution in [0.25, 0.3) is 0 Å². The monoisotopic (exact) mass is 294 g/mol. The normalized spacial score (nSPS) is 15.9. The molecular formula is C14H22N4OS. The minimum Gasteiger partial charge on any atom is -0.355 e. The maximum absolute atomic E-state index is 12.0. The van der Waals surface area contributed by atoms with E-state index in [0.29, 0.717) is 0 Å². The molecule has 2 rings (SSSR count). The first-order valence-electron chi connectivity index (χ1n) is 6.75. The van der Waals surface area contributed by atoms with Crippen molar-refractivity contribution in [3.8, 4) is 0 Å². The first-order chi connectivity index (χ1) is 9.28. The lowest BCUT2D eigenvalue weighted by atomic mass is 9.97. The van der Waals surface area contributed by atoms with Crippen molar-refractivity contribution in [1.29, 1.82) is 0 Å². The second kappa shape index (κ2) is 5.60. The molecule has 110 valence electrons. The van der Waals surface area contributed by atoms with Crippen molar-refractivity contribution in [2.75, 3.05) is 24.2 Å². The quantitative estimate of drug-likeness (QED) is 0.681. The number of nitrogens with one attached hydrogen (secondary N) is 1. The molecule has 1 aromatic rings. The van der Waals surface area contributed by atoms with Crippen LogP contribution in [-0.2, 0) is 4.79 Å². The average Bonchev–Trinajstić information content (AvgIpc) is 2.23. The Kier molecular flexibility index (Phi) is 4.22. The van der Waals surface area contributed by atoms with Crippen molar-refractivity contribution in [2.24, 2.45) is 5.92 Å². The number of carbonyl (C=O) groups excluding carboxylic acids is 1. The number of hydrogen-bond donors (Lipinski definition) is 1. The number of carbonyl (C=O) groups is 1. The third-order valence-corrected chi connectivity index (χ3v) is 3.63. The molecule has 0 unspecified atom stereocenters. The van der Waals surface area contributed by atoms with Gasteiger partial charge in [0.15, 0.2) is 5.16 Å². The number of aromatic nitrogens is 2. The van der Waals surface area contributed by atoms with Crippen LogP contribution in [0, 0.1) is 12.8 Å². The van der Waals surface area contributed by atoms with Crippen LogP contribution in [0.5, 0.6) is 0 Å². The minimum absolute atomic E-state index is 0.0576. The van der Waals surface area contributed by atoms with Crippen LogP contribution in [0.1, 0.15) is 26.5 Å². The van der Waals surface area contributed by atoms with E-state index in [9.17, 15) is 4.79 Å². The van der Waals surface area contributed by atoms with Gasteiger partial charge in [0.05, 0.1) is 5.92 Å². The van der Waals surface area contributed by atoms with Crippen LogP contribution in [0.2, 0.25) is 0 Å². The summed E-state index contributed by atoms with van der Waals surface area (Å²) in [4.78, 5) is 23.0. The summed E-state index contributed by atoms with van der Waals surface area (Å²) in [5.74, 6) is 1.11. The van der Waals surface area contributed by atoms with Crippen molar-refractivity contribution >= 4 is 23.5 Å². The van der Waals surface area contributed by atoms with Gasteiger partial charge in [-0.3, -0.25) is 4.79 Å². The third-order valence-electron chi connectivity index (χ3n) is 3.08. The zero-order valence-corrected chi connectivity index (χ0v) is 13.5. The first-order valence-corrected chi connectivity index (χ1v) is 7.97. The lowest BCUT2D eigenvalue weighted by Crippen LogP contribution is -2.56. The van der Waals surface area contributed by atoms with Crippen LogP contribution in [0.3, 0.4) is 0 Å². The van der Waals surface area contributed by atoms with Gasteiger partial charge >= 0.3 is 0 Å². The van der Waals surface area contributed by atoms with Crippen LogP contribution >= 0.6 is 11.8 Å². The molecule has 1 aromatic heterocycles. The summed E-state index contributed by atoms with van der Waals surface area (Å²) in [6, 6.07) is 1.97. The Morgan fingerprint density at radius 2 is 2.05 bits per heavy atom. The fourth-order valence-electron chi connectivity index (χ4n) is 2.08. The minimum atomic E-state index is -0.172. The molecule has 0 radical (unpaired) electrons. The van der Waals surface area contributed by atoms with Crippen LogP contribution < -0.4 is 10.2 Å². The van der Waals surface area contributed by atoms with Gasteiger partial charge in [-0.15, -0.1) is 0 Å². The van der Waals surface area contributed by atoms with Gasteiger partial charge in [0, 0.05) is 30.4 Å². The number of hydrogen-bond acceptors (Lipinski definition) is 5. The van der Waals surface area contributed by atoms with E-state index in [1.165, 1.54) is 11.8 Å². The summed E-state index contributed by atoms with van der Waals surface area (Å²) in [7, 11) is 0. The maximum atomic E-state index is 12.0. The predicted octanol–water partition coefficient (Wildman–Crippen LogP) is 1.86. The number of nitrogens with zero attached hydrogens (tertiary/aromatic N) is 3. The molecule has 0 aromatic carbocycles. The van der Waals surface area contributed by atoms with E-state index >= 15 is 0 Å². The Morgan fingerprint density at radius 3 is 2.60 bits per heavy atom. The Hall–Kier alpha value is -1.30. The molecule has 1 aliphatic heterocycles. The van der Waals surface area contributed by atoms with E-state index in [1.54, 1.807) is 0 Å². The number of rotatable bonds is 3. The van der Waals surface area contributed by atoms with Crippen molar-refractivity contribution in [3.63, 3.8) is 0 Å². The zero-order valence-electron chi connectivity index (χ0n) is 12.7. The molecule has 0 atom stereocenters. The topological polar surface area (TPSA) is 58.1 Å². The highest BCUT2D eigenvalue weighted by molar-refractivity contribution is 7.98. The van der Waals surface area contributed by atoms with Gasteiger partial charge in [-0.05, 0) is 34.0 Å². The Balaban J connectivity index is 1.96. The van der Waals surface area contributed by atoms with Gasteiger partial charge in [0.25, 0.3) is 0 Å². The fourth-order valence-corrected chi connectivity index (χ4v) is 2.50. The SMILES string of the molecule is CSc1nc(C)cc(N2CC(C(=O)NC(C)(C)C)C2)n1. The molecule has 0 spiro atoms. The smallest absolute Gasteiger partial charge is 0.227 e. The fraction of sp³-hybridized carbons (Fsp3) is 0.643. The number of thioether (sulfide) groups is 1. The first kappa shape index (κ1) is 15.1. The molecule has 5 nitrogen and oxygen atoms in total. The number of amides is 1. The summed E-state index contributed by atoms with van der Waals surface area (Å²) >= 11 is 1.54. The Labute approximate surface area is 124 Å². The average molecular weight is 294 g/mol. The molecule has 20 heavy (non-hydrogen) atoms. The molecule has 1 aliphatic rings. The summed E-state index contributed by atoms with van der Waals surface area (Å²) in [5, 5.41) is 3.80. The highest BCUT2D eigenvalue weighted by Gasteiger charge is 2.35. The largest absolute Gasteiger partial charge is 0.355 e. The molecular weight excluding hydrogens is 272 g/mol. The third kappa shape index (κ3) is 3.62. The Morgan fingerprint density at radius 1 is 1.40 bits per heavy atom. The lowest BCUT2D eigenvalue weighted by Gasteiger charge is -2.40. The number of aryl methyl sites for hydroxylation is 1. The van der Waals surface area contributed by atoms with E-state index in [2.05, 4.69) is 20.2 Å². The number of anilines is 1. The van der Waals surface area contributed by atoms with E-state index in [1.807, 2.05) is 40.0 Å². The standard InChI is InChI=1S/C14H22N4OS/c1-9-6-11(16-13(15-9)20-5)18-7-10(8-18)12(19)17-14(2,3)4/h6,10H,7-8H2,1-5H3,(H,17,19). The highest BCUT2D eigenvalue weighted by atomic mass is 32.2. The Bertz CT molecular complexity index is 506. The van der Waals surface area contributed by atoms with Gasteiger partial charge in [-0.2, -0.15) is 0 Å². The van der Waals surface area contributed by atoms with Gasteiger partial charge in [-0.1, -0.05) is 11.8 Å². The maximum Gasteiger partial charge on any atom is 0.227 e. The summed E-state index contributed by atoms with van der Waals surface area (Å²) in [5.41, 5.74) is 0.789.